The summed E-state index contributed by atoms with van der Waals surface area (Å²) in [6.07, 6.45) is 1.15. The highest BCUT2D eigenvalue weighted by Crippen LogP contribution is 2.13. The first-order valence-corrected chi connectivity index (χ1v) is 4.94. The molecular weight excluding hydrogens is 158 g/mol. The minimum Gasteiger partial charge on any atom is -0.324 e. The molecule has 1 aromatic rings. The lowest BCUT2D eigenvalue weighted by Gasteiger charge is -2.08. The predicted octanol–water partition coefficient (Wildman–Crippen LogP) is 2.90. The lowest BCUT2D eigenvalue weighted by atomic mass is 10.0. The van der Waals surface area contributed by atoms with Crippen molar-refractivity contribution in [3.8, 4) is 0 Å². The number of rotatable bonds is 3. The van der Waals surface area contributed by atoms with Crippen molar-refractivity contribution in [2.45, 2.75) is 33.2 Å². The van der Waals surface area contributed by atoms with Gasteiger partial charge in [0.25, 0.3) is 0 Å². The van der Waals surface area contributed by atoms with Crippen LogP contribution in [0.15, 0.2) is 24.3 Å². The lowest BCUT2D eigenvalue weighted by Crippen LogP contribution is -2.04. The van der Waals surface area contributed by atoms with Crippen LogP contribution in [0.5, 0.6) is 0 Å². The first-order valence-electron chi connectivity index (χ1n) is 4.94. The summed E-state index contributed by atoms with van der Waals surface area (Å²) in [6.45, 7) is 6.48. The average molecular weight is 177 g/mol. The van der Waals surface area contributed by atoms with Gasteiger partial charge in [-0.2, -0.15) is 0 Å². The molecule has 0 spiro atoms. The van der Waals surface area contributed by atoms with Crippen LogP contribution in [0.3, 0.4) is 0 Å². The van der Waals surface area contributed by atoms with Crippen LogP contribution in [0.4, 0.5) is 0 Å². The summed E-state index contributed by atoms with van der Waals surface area (Å²) in [5.41, 5.74) is 8.38. The molecule has 1 heteroatoms. The summed E-state index contributed by atoms with van der Waals surface area (Å²) in [4.78, 5) is 0. The van der Waals surface area contributed by atoms with Gasteiger partial charge in [-0.3, -0.25) is 0 Å². The van der Waals surface area contributed by atoms with Crippen LogP contribution < -0.4 is 5.73 Å². The fourth-order valence-corrected chi connectivity index (χ4v) is 1.43. The van der Waals surface area contributed by atoms with Crippen molar-refractivity contribution in [1.82, 2.24) is 0 Å². The molecule has 0 fully saturated rings. The predicted molar refractivity (Wildman–Crippen MR) is 57.6 cm³/mol. The van der Waals surface area contributed by atoms with Gasteiger partial charge in [0.1, 0.15) is 0 Å². The molecule has 0 aliphatic heterocycles. The highest BCUT2D eigenvalue weighted by atomic mass is 14.6. The van der Waals surface area contributed by atoms with E-state index in [0.717, 1.165) is 12.3 Å². The summed E-state index contributed by atoms with van der Waals surface area (Å²) in [7, 11) is 0. The van der Waals surface area contributed by atoms with E-state index in [9.17, 15) is 0 Å². The van der Waals surface area contributed by atoms with Crippen molar-refractivity contribution in [2.24, 2.45) is 11.7 Å². The Morgan fingerprint density at radius 3 is 2.00 bits per heavy atom. The van der Waals surface area contributed by atoms with Crippen molar-refractivity contribution in [3.63, 3.8) is 0 Å². The summed E-state index contributed by atoms with van der Waals surface area (Å²) in [5.74, 6) is 0.723. The van der Waals surface area contributed by atoms with Crippen LogP contribution in [0.2, 0.25) is 0 Å². The standard InChI is InChI=1S/C12H19N/c1-9(2)8-11-4-6-12(7-5-11)10(3)13/h4-7,9-10H,8,13H2,1-3H3/t10-/m0/s1. The Bertz CT molecular complexity index is 246. The van der Waals surface area contributed by atoms with E-state index in [4.69, 9.17) is 5.73 Å². The molecule has 1 atom stereocenters. The van der Waals surface area contributed by atoms with Crippen molar-refractivity contribution >= 4 is 0 Å². The van der Waals surface area contributed by atoms with E-state index in [-0.39, 0.29) is 6.04 Å². The molecule has 0 bridgehead atoms. The Hall–Kier alpha value is -0.820. The molecule has 0 aliphatic rings. The molecule has 72 valence electrons. The van der Waals surface area contributed by atoms with Crippen LogP contribution in [-0.2, 0) is 6.42 Å². The Kier molecular flexibility index (Phi) is 3.49. The molecule has 0 amide bonds. The van der Waals surface area contributed by atoms with Crippen molar-refractivity contribution < 1.29 is 0 Å². The maximum atomic E-state index is 5.77. The fraction of sp³-hybridized carbons (Fsp3) is 0.500. The van der Waals surface area contributed by atoms with E-state index < -0.39 is 0 Å². The monoisotopic (exact) mass is 177 g/mol. The van der Waals surface area contributed by atoms with Crippen LogP contribution in [0, 0.1) is 5.92 Å². The molecule has 0 heterocycles. The molecule has 1 aromatic carbocycles. The van der Waals surface area contributed by atoms with Crippen LogP contribution in [0.25, 0.3) is 0 Å². The third-order valence-electron chi connectivity index (χ3n) is 2.15. The molecule has 0 aromatic heterocycles. The van der Waals surface area contributed by atoms with E-state index >= 15 is 0 Å². The Labute approximate surface area is 81.0 Å². The molecule has 0 unspecified atom stereocenters. The number of benzene rings is 1. The number of hydrogen-bond acceptors (Lipinski definition) is 1. The second-order valence-electron chi connectivity index (χ2n) is 4.13. The second-order valence-corrected chi connectivity index (χ2v) is 4.13. The van der Waals surface area contributed by atoms with Gasteiger partial charge < -0.3 is 5.73 Å². The molecule has 0 saturated heterocycles. The first kappa shape index (κ1) is 10.3. The zero-order valence-electron chi connectivity index (χ0n) is 8.75. The topological polar surface area (TPSA) is 26.0 Å². The van der Waals surface area contributed by atoms with Gasteiger partial charge in [-0.1, -0.05) is 38.1 Å². The Morgan fingerprint density at radius 1 is 1.08 bits per heavy atom. The zero-order valence-corrected chi connectivity index (χ0v) is 8.75. The van der Waals surface area contributed by atoms with Gasteiger partial charge in [-0.05, 0) is 30.4 Å². The second kappa shape index (κ2) is 4.43. The fourth-order valence-electron chi connectivity index (χ4n) is 1.43. The lowest BCUT2D eigenvalue weighted by molar-refractivity contribution is 0.647. The summed E-state index contributed by atoms with van der Waals surface area (Å²) in [5, 5.41) is 0. The Balaban J connectivity index is 2.70. The highest BCUT2D eigenvalue weighted by molar-refractivity contribution is 5.24. The molecular formula is C12H19N. The van der Waals surface area contributed by atoms with Crippen molar-refractivity contribution in [2.75, 3.05) is 0 Å². The minimum absolute atomic E-state index is 0.146. The maximum absolute atomic E-state index is 5.77. The summed E-state index contributed by atoms with van der Waals surface area (Å²) < 4.78 is 0. The summed E-state index contributed by atoms with van der Waals surface area (Å²) >= 11 is 0. The van der Waals surface area contributed by atoms with E-state index in [0.29, 0.717) is 0 Å². The maximum Gasteiger partial charge on any atom is 0.0266 e. The minimum atomic E-state index is 0.146. The molecule has 13 heavy (non-hydrogen) atoms. The molecule has 0 radical (unpaired) electrons. The van der Waals surface area contributed by atoms with Crippen LogP contribution >= 0.6 is 0 Å². The van der Waals surface area contributed by atoms with Gasteiger partial charge >= 0.3 is 0 Å². The normalized spacial score (nSPS) is 13.3. The SMILES string of the molecule is CC(C)Cc1ccc([C@H](C)N)cc1. The third kappa shape index (κ3) is 3.19. The average Bonchev–Trinajstić information content (AvgIpc) is 2.04. The zero-order chi connectivity index (χ0) is 9.84. The highest BCUT2D eigenvalue weighted by Gasteiger charge is 2.00. The van der Waals surface area contributed by atoms with E-state index in [1.807, 2.05) is 6.92 Å². The quantitative estimate of drug-likeness (QED) is 0.754. The molecule has 2 N–H and O–H groups in total. The van der Waals surface area contributed by atoms with Crippen molar-refractivity contribution in [1.29, 1.82) is 0 Å². The number of hydrogen-bond donors (Lipinski definition) is 1. The molecule has 0 saturated carbocycles. The molecule has 1 rings (SSSR count). The van der Waals surface area contributed by atoms with E-state index in [1.165, 1.54) is 11.1 Å². The number of nitrogens with two attached hydrogens (primary N) is 1. The molecule has 0 aliphatic carbocycles. The summed E-state index contributed by atoms with van der Waals surface area (Å²) in [6, 6.07) is 8.76. The van der Waals surface area contributed by atoms with Crippen molar-refractivity contribution in [3.05, 3.63) is 35.4 Å². The largest absolute Gasteiger partial charge is 0.324 e. The third-order valence-corrected chi connectivity index (χ3v) is 2.15. The van der Waals surface area contributed by atoms with Crippen LogP contribution in [0.1, 0.15) is 37.9 Å². The van der Waals surface area contributed by atoms with Gasteiger partial charge in [-0.25, -0.2) is 0 Å². The smallest absolute Gasteiger partial charge is 0.0266 e. The van der Waals surface area contributed by atoms with Crippen LogP contribution in [-0.4, -0.2) is 0 Å². The van der Waals surface area contributed by atoms with Gasteiger partial charge in [0.05, 0.1) is 0 Å². The van der Waals surface area contributed by atoms with Gasteiger partial charge in [0, 0.05) is 6.04 Å². The van der Waals surface area contributed by atoms with E-state index in [1.54, 1.807) is 0 Å². The van der Waals surface area contributed by atoms with E-state index in [2.05, 4.69) is 38.1 Å². The van der Waals surface area contributed by atoms with Gasteiger partial charge in [-0.15, -0.1) is 0 Å². The Morgan fingerprint density at radius 2 is 1.62 bits per heavy atom. The van der Waals surface area contributed by atoms with Gasteiger partial charge in [0.15, 0.2) is 0 Å². The first-order chi connectivity index (χ1) is 6.09. The van der Waals surface area contributed by atoms with Gasteiger partial charge in [0.2, 0.25) is 0 Å². The molecule has 1 nitrogen and oxygen atoms in total.